The van der Waals surface area contributed by atoms with Gasteiger partial charge in [0, 0.05) is 19.1 Å². The van der Waals surface area contributed by atoms with Crippen molar-refractivity contribution in [1.82, 2.24) is 19.9 Å². The van der Waals surface area contributed by atoms with E-state index in [1.807, 2.05) is 0 Å². The molecule has 2 aliphatic rings. The van der Waals surface area contributed by atoms with Crippen molar-refractivity contribution in [2.75, 3.05) is 18.0 Å². The van der Waals surface area contributed by atoms with Crippen LogP contribution in [0.15, 0.2) is 27.6 Å². The van der Waals surface area contributed by atoms with Crippen LogP contribution in [0.2, 0.25) is 0 Å². The minimum atomic E-state index is -0.454. The molecule has 158 valence electrons. The van der Waals surface area contributed by atoms with E-state index < -0.39 is 5.69 Å². The molecule has 30 heavy (non-hydrogen) atoms. The molecule has 3 aromatic rings. The number of carbonyl (C=O) groups excluding carboxylic acids is 1. The number of carbonyl (C=O) groups is 1. The molecule has 1 N–H and O–H groups in total. The van der Waals surface area contributed by atoms with E-state index in [0.717, 1.165) is 56.7 Å². The van der Waals surface area contributed by atoms with Crippen LogP contribution in [0.25, 0.3) is 21.8 Å². The van der Waals surface area contributed by atoms with Gasteiger partial charge in [0.1, 0.15) is 22.6 Å². The Bertz CT molecular complexity index is 1090. The summed E-state index contributed by atoms with van der Waals surface area (Å²) in [5, 5.41) is 3.96. The summed E-state index contributed by atoms with van der Waals surface area (Å²) in [4.78, 5) is 37.6. The van der Waals surface area contributed by atoms with Gasteiger partial charge in [-0.1, -0.05) is 30.6 Å². The van der Waals surface area contributed by atoms with Gasteiger partial charge in [-0.05, 0) is 37.8 Å². The van der Waals surface area contributed by atoms with Crippen molar-refractivity contribution in [2.24, 2.45) is 0 Å². The maximum Gasteiger partial charge on any atom is 0.349 e. The summed E-state index contributed by atoms with van der Waals surface area (Å²) in [5.74, 6) is 0.364. The molecule has 0 bridgehead atoms. The Kier molecular flexibility index (Phi) is 5.28. The highest BCUT2D eigenvalue weighted by Gasteiger charge is 2.24. The number of hydrogen-bond acceptors (Lipinski definition) is 7. The SMILES string of the molecule is O=C(Cn1c(=O)nc(-c2ccco2)c2nc(N3CCCC3)sc21)NC1CCCCC1. The quantitative estimate of drug-likeness (QED) is 0.672. The van der Waals surface area contributed by atoms with Gasteiger partial charge < -0.3 is 14.6 Å². The van der Waals surface area contributed by atoms with E-state index in [4.69, 9.17) is 9.40 Å². The third kappa shape index (κ3) is 3.74. The number of nitrogens with one attached hydrogen (secondary N) is 1. The zero-order valence-electron chi connectivity index (χ0n) is 16.8. The molecular weight excluding hydrogens is 402 g/mol. The molecule has 2 fully saturated rings. The van der Waals surface area contributed by atoms with Crippen molar-refractivity contribution in [2.45, 2.75) is 57.5 Å². The lowest BCUT2D eigenvalue weighted by molar-refractivity contribution is -0.122. The number of anilines is 1. The van der Waals surface area contributed by atoms with E-state index >= 15 is 0 Å². The fourth-order valence-corrected chi connectivity index (χ4v) is 5.48. The van der Waals surface area contributed by atoms with Crippen molar-refractivity contribution >= 4 is 32.7 Å². The second kappa shape index (κ2) is 8.22. The van der Waals surface area contributed by atoms with Gasteiger partial charge in [-0.25, -0.2) is 9.78 Å². The van der Waals surface area contributed by atoms with Crippen LogP contribution in [0.3, 0.4) is 0 Å². The topological polar surface area (TPSA) is 93.3 Å². The second-order valence-electron chi connectivity index (χ2n) is 8.05. The van der Waals surface area contributed by atoms with Gasteiger partial charge in [0.15, 0.2) is 10.9 Å². The molecule has 0 atom stereocenters. The number of thiazole rings is 1. The van der Waals surface area contributed by atoms with E-state index in [1.165, 1.54) is 22.3 Å². The number of rotatable bonds is 5. The summed E-state index contributed by atoms with van der Waals surface area (Å²) in [5.41, 5.74) is 0.594. The van der Waals surface area contributed by atoms with Crippen LogP contribution in [0.1, 0.15) is 44.9 Å². The molecule has 1 amide bonds. The van der Waals surface area contributed by atoms with Crippen molar-refractivity contribution < 1.29 is 9.21 Å². The predicted molar refractivity (Wildman–Crippen MR) is 116 cm³/mol. The third-order valence-electron chi connectivity index (χ3n) is 5.91. The molecular formula is C21H25N5O3S. The van der Waals surface area contributed by atoms with Crippen LogP contribution in [0, 0.1) is 0 Å². The highest BCUT2D eigenvalue weighted by molar-refractivity contribution is 7.22. The number of nitrogens with zero attached hydrogens (tertiary/aromatic N) is 4. The van der Waals surface area contributed by atoms with Gasteiger partial charge in [0.05, 0.1) is 6.26 Å². The average molecular weight is 428 g/mol. The van der Waals surface area contributed by atoms with Crippen molar-refractivity contribution in [3.05, 3.63) is 28.9 Å². The van der Waals surface area contributed by atoms with Gasteiger partial charge >= 0.3 is 5.69 Å². The van der Waals surface area contributed by atoms with E-state index in [-0.39, 0.29) is 18.5 Å². The number of furan rings is 1. The molecule has 1 aliphatic carbocycles. The van der Waals surface area contributed by atoms with Crippen LogP contribution in [-0.4, -0.2) is 39.6 Å². The Labute approximate surface area is 177 Å². The first kappa shape index (κ1) is 19.3. The zero-order chi connectivity index (χ0) is 20.5. The van der Waals surface area contributed by atoms with Crippen LogP contribution in [0.4, 0.5) is 5.13 Å². The number of fused-ring (bicyclic) bond motifs is 1. The molecule has 1 saturated carbocycles. The second-order valence-corrected chi connectivity index (χ2v) is 9.01. The molecule has 0 radical (unpaired) electrons. The maximum atomic E-state index is 12.9. The smallest absolute Gasteiger partial charge is 0.349 e. The van der Waals surface area contributed by atoms with Crippen LogP contribution in [0.5, 0.6) is 0 Å². The first-order valence-electron chi connectivity index (χ1n) is 10.7. The highest BCUT2D eigenvalue weighted by atomic mass is 32.1. The Morgan fingerprint density at radius 2 is 1.97 bits per heavy atom. The van der Waals surface area contributed by atoms with Gasteiger partial charge in [-0.2, -0.15) is 4.98 Å². The van der Waals surface area contributed by atoms with Crippen molar-refractivity contribution in [3.8, 4) is 11.5 Å². The molecule has 0 spiro atoms. The Hall–Kier alpha value is -2.68. The minimum absolute atomic E-state index is 0.0428. The standard InChI is InChI=1S/C21H25N5O3S/c27-16(22-14-7-2-1-3-8-14)13-26-19-18(24-21(30-19)25-10-4-5-11-25)17(23-20(26)28)15-9-6-12-29-15/h6,9,12,14H,1-5,7-8,10-11,13H2,(H,22,27). The summed E-state index contributed by atoms with van der Waals surface area (Å²) in [6.07, 6.45) is 9.35. The minimum Gasteiger partial charge on any atom is -0.463 e. The van der Waals surface area contributed by atoms with Gasteiger partial charge in [0.2, 0.25) is 5.91 Å². The summed E-state index contributed by atoms with van der Waals surface area (Å²) in [6.45, 7) is 1.87. The number of amides is 1. The van der Waals surface area contributed by atoms with Gasteiger partial charge in [-0.15, -0.1) is 0 Å². The van der Waals surface area contributed by atoms with E-state index in [1.54, 1.807) is 18.4 Å². The third-order valence-corrected chi connectivity index (χ3v) is 7.05. The first-order chi connectivity index (χ1) is 14.7. The molecule has 8 nitrogen and oxygen atoms in total. The number of aromatic nitrogens is 3. The van der Waals surface area contributed by atoms with Crippen LogP contribution >= 0.6 is 11.3 Å². The zero-order valence-corrected chi connectivity index (χ0v) is 17.6. The summed E-state index contributed by atoms with van der Waals surface area (Å²) >= 11 is 1.45. The predicted octanol–water partition coefficient (Wildman–Crippen LogP) is 3.16. The van der Waals surface area contributed by atoms with E-state index in [0.29, 0.717) is 21.8 Å². The molecule has 0 aromatic carbocycles. The lowest BCUT2D eigenvalue weighted by Crippen LogP contribution is -2.40. The van der Waals surface area contributed by atoms with Crippen LogP contribution in [-0.2, 0) is 11.3 Å². The molecule has 1 saturated heterocycles. The molecule has 1 aliphatic heterocycles. The fourth-order valence-electron chi connectivity index (χ4n) is 4.37. The summed E-state index contributed by atoms with van der Waals surface area (Å²) in [6, 6.07) is 3.74. The molecule has 5 rings (SSSR count). The Balaban J connectivity index is 1.52. The summed E-state index contributed by atoms with van der Waals surface area (Å²) in [7, 11) is 0. The first-order valence-corrected chi connectivity index (χ1v) is 11.5. The lowest BCUT2D eigenvalue weighted by atomic mass is 9.95. The largest absolute Gasteiger partial charge is 0.463 e. The van der Waals surface area contributed by atoms with Gasteiger partial charge in [0.25, 0.3) is 0 Å². The molecule has 0 unspecified atom stereocenters. The highest BCUT2D eigenvalue weighted by Crippen LogP contribution is 2.34. The molecule has 3 aromatic heterocycles. The van der Waals surface area contributed by atoms with E-state index in [9.17, 15) is 9.59 Å². The van der Waals surface area contributed by atoms with Crippen molar-refractivity contribution in [3.63, 3.8) is 0 Å². The molecule has 4 heterocycles. The molecule has 9 heteroatoms. The van der Waals surface area contributed by atoms with Gasteiger partial charge in [-0.3, -0.25) is 9.36 Å². The number of hydrogen-bond donors (Lipinski definition) is 1. The normalized spacial score (nSPS) is 17.7. The maximum absolute atomic E-state index is 12.9. The van der Waals surface area contributed by atoms with E-state index in [2.05, 4.69) is 15.2 Å². The summed E-state index contributed by atoms with van der Waals surface area (Å²) < 4.78 is 6.96. The fraction of sp³-hybridized carbons (Fsp3) is 0.524. The Morgan fingerprint density at radius 3 is 2.70 bits per heavy atom. The lowest BCUT2D eigenvalue weighted by Gasteiger charge is -2.22. The van der Waals surface area contributed by atoms with Crippen molar-refractivity contribution in [1.29, 1.82) is 0 Å². The van der Waals surface area contributed by atoms with Crippen LogP contribution < -0.4 is 15.9 Å². The average Bonchev–Trinajstić information content (AvgIpc) is 3.51. The monoisotopic (exact) mass is 427 g/mol. The Morgan fingerprint density at radius 1 is 1.17 bits per heavy atom.